The summed E-state index contributed by atoms with van der Waals surface area (Å²) in [6.45, 7) is -0.0888. The van der Waals surface area contributed by atoms with E-state index in [1.54, 1.807) is 76.3 Å². The molecule has 0 aliphatic carbocycles. The van der Waals surface area contributed by atoms with Crippen molar-refractivity contribution < 1.29 is 98.9 Å². The number of carboxylic acids is 6. The lowest BCUT2D eigenvalue weighted by Gasteiger charge is -2.28. The van der Waals surface area contributed by atoms with E-state index in [1.807, 2.05) is 0 Å². The molecule has 0 fully saturated rings. The van der Waals surface area contributed by atoms with Gasteiger partial charge in [0.05, 0.1) is 121 Å². The first kappa shape index (κ1) is 70.2. The molecule has 0 aromatic carbocycles. The molecule has 3 aromatic rings. The van der Waals surface area contributed by atoms with Gasteiger partial charge in [-0.15, -0.1) is 0 Å². The van der Waals surface area contributed by atoms with Crippen LogP contribution in [0, 0.1) is 0 Å². The normalized spacial score (nSPS) is 13.6. The van der Waals surface area contributed by atoms with Gasteiger partial charge in [-0.1, -0.05) is 0 Å². The van der Waals surface area contributed by atoms with E-state index in [0.717, 1.165) is 0 Å². The summed E-state index contributed by atoms with van der Waals surface area (Å²) in [5, 5.41) is 59.9. The lowest BCUT2D eigenvalue weighted by atomic mass is 10.1. The first-order valence-electron chi connectivity index (χ1n) is 29.2. The third kappa shape index (κ3) is 23.6. The topological polar surface area (TPSA) is 411 Å². The van der Waals surface area contributed by atoms with Gasteiger partial charge in [-0.05, 0) is 82.3 Å². The van der Waals surface area contributed by atoms with Gasteiger partial charge in [-0.2, -0.15) is 0 Å². The van der Waals surface area contributed by atoms with Gasteiger partial charge in [0.2, 0.25) is 0 Å². The summed E-state index contributed by atoms with van der Waals surface area (Å²) in [6, 6.07) is 5.12. The molecular formula is C58H80N12O20. The predicted molar refractivity (Wildman–Crippen MR) is 322 cm³/mol. The lowest BCUT2D eigenvalue weighted by molar-refractivity contribution is -0.148. The van der Waals surface area contributed by atoms with Gasteiger partial charge in [0, 0.05) is 101 Å². The molecule has 5 rings (SSSR count). The van der Waals surface area contributed by atoms with Crippen LogP contribution in [-0.2, 0) is 73.3 Å². The summed E-state index contributed by atoms with van der Waals surface area (Å²) in [5.74, 6) is -10.7. The predicted octanol–water partition coefficient (Wildman–Crippen LogP) is -1.82. The smallest absolute Gasteiger partial charge is 0.320 e. The van der Waals surface area contributed by atoms with Crippen molar-refractivity contribution in [1.29, 1.82) is 0 Å². The van der Waals surface area contributed by atoms with Gasteiger partial charge in [0.25, 0.3) is 11.8 Å². The van der Waals surface area contributed by atoms with Crippen molar-refractivity contribution in [3.63, 3.8) is 0 Å². The molecule has 8 bridgehead atoms. The fraction of sp³-hybridized carbons (Fsp3) is 0.500. The Balaban J connectivity index is 1.58. The van der Waals surface area contributed by atoms with Crippen LogP contribution in [0.1, 0.15) is 75.2 Å². The van der Waals surface area contributed by atoms with E-state index in [0.29, 0.717) is 39.1 Å². The largest absolute Gasteiger partial charge is 0.480 e. The molecule has 492 valence electrons. The Morgan fingerprint density at radius 1 is 0.556 bits per heavy atom. The minimum absolute atomic E-state index is 0.0404. The standard InChI is InChI=1S/C58H80N12O20/c1-7-89-57(85)35-67(33-55(81)82)19-15-63(29-51(73)74)13-17-65(31-53(77)78)27-49(71)61-69-43-22-41-11-9-39(59-41)21-40-10-12-42(60-40)23-47-45(37(3)87-5)25-44(26-48(69)46(24-43)38(4)88-6)70(47)62-50(72)28-66(32-54(79)80)18-14-64(30-52(75)76)16-20-68(34-56(83)84)36-58(86)90-8-2/h9-12,21-25,37-38,59H,7-8,13-20,26-36H2,1-6H3,(H,61,71)(H,62,72)(H,73,74)(H,75,76)(H,77,78)(H,79,80)(H,81,82)(H,83,84)/i24D. The van der Waals surface area contributed by atoms with Gasteiger partial charge in [-0.3, -0.25) is 97.5 Å². The van der Waals surface area contributed by atoms with Gasteiger partial charge in [0.15, 0.2) is 0 Å². The Bertz CT molecular complexity index is 3350. The third-order valence-corrected chi connectivity index (χ3v) is 14.0. The summed E-state index contributed by atoms with van der Waals surface area (Å²) >= 11 is 0. The number of hydrogen-bond acceptors (Lipinski definition) is 21. The van der Waals surface area contributed by atoms with E-state index >= 15 is 0 Å². The number of fused-ring (bicyclic) bond motifs is 7. The summed E-state index contributed by atoms with van der Waals surface area (Å²) in [5.41, 5.74) is 8.48. The van der Waals surface area contributed by atoms with Crippen LogP contribution in [0.15, 0.2) is 47.1 Å². The van der Waals surface area contributed by atoms with E-state index in [4.69, 9.17) is 23.9 Å². The average Bonchev–Trinajstić information content (AvgIpc) is 1.61. The fourth-order valence-electron chi connectivity index (χ4n) is 9.80. The zero-order chi connectivity index (χ0) is 67.1. The highest BCUT2D eigenvalue weighted by Crippen LogP contribution is 2.32. The highest BCUT2D eigenvalue weighted by atomic mass is 16.5. The summed E-state index contributed by atoms with van der Waals surface area (Å²) in [6.07, 6.45) is 6.78. The van der Waals surface area contributed by atoms with Crippen molar-refractivity contribution in [3.8, 4) is 0 Å². The number of H-pyrrole nitrogens is 1. The molecule has 9 N–H and O–H groups in total. The van der Waals surface area contributed by atoms with Gasteiger partial charge in [0.1, 0.15) is 0 Å². The maximum atomic E-state index is 14.7. The number of carbonyl (C=O) groups excluding carboxylic acids is 4. The van der Waals surface area contributed by atoms with E-state index in [9.17, 15) is 80.0 Å². The second kappa shape index (κ2) is 35.3. The molecule has 0 saturated carbocycles. The molecule has 32 heteroatoms. The number of aliphatic carboxylic acids is 6. The van der Waals surface area contributed by atoms with Crippen LogP contribution in [-0.4, -0.2) is 285 Å². The molecule has 0 radical (unpaired) electrons. The number of hydrogen-bond donors (Lipinski definition) is 9. The number of nitrogens with one attached hydrogen (secondary N) is 3. The number of carbonyl (C=O) groups is 10. The second-order valence-electron chi connectivity index (χ2n) is 21.0. The van der Waals surface area contributed by atoms with E-state index in [-0.39, 0.29) is 95.0 Å². The number of aromatic amines is 1. The van der Waals surface area contributed by atoms with Crippen molar-refractivity contribution in [2.24, 2.45) is 4.99 Å². The molecule has 90 heavy (non-hydrogen) atoms. The van der Waals surface area contributed by atoms with Crippen molar-refractivity contribution >= 4 is 83.5 Å². The number of esters is 2. The highest BCUT2D eigenvalue weighted by Gasteiger charge is 2.29. The van der Waals surface area contributed by atoms with E-state index in [1.165, 1.54) is 53.0 Å². The number of nitrogens with zero attached hydrogens (tertiary/aromatic N) is 9. The number of ether oxygens (including phenoxy) is 4. The van der Waals surface area contributed by atoms with Gasteiger partial charge in [-0.25, -0.2) is 4.99 Å². The van der Waals surface area contributed by atoms with Crippen LogP contribution in [0.2, 0.25) is 0 Å². The Labute approximate surface area is 518 Å². The van der Waals surface area contributed by atoms with Crippen molar-refractivity contribution in [2.45, 2.75) is 46.3 Å². The number of aliphatic imine (C=N–C) groups is 1. The van der Waals surface area contributed by atoms with Crippen LogP contribution in [0.4, 0.5) is 0 Å². The number of aromatic nitrogens is 3. The second-order valence-corrected chi connectivity index (χ2v) is 21.0. The first-order valence-corrected chi connectivity index (χ1v) is 28.7. The number of carboxylic acid groups (broad SMARTS) is 6. The van der Waals surface area contributed by atoms with Crippen LogP contribution in [0.3, 0.4) is 0 Å². The molecule has 0 saturated heterocycles. The zero-order valence-corrected chi connectivity index (χ0v) is 51.0. The summed E-state index contributed by atoms with van der Waals surface area (Å²) in [7, 11) is 2.88. The monoisotopic (exact) mass is 1270 g/mol. The molecule has 2 amide bonds. The molecule has 0 spiro atoms. The average molecular weight is 1270 g/mol. The number of rotatable bonds is 40. The van der Waals surface area contributed by atoms with Crippen molar-refractivity contribution in [3.05, 3.63) is 86.7 Å². The first-order chi connectivity index (χ1) is 43.2. The SMILES string of the molecule is [2H]c1c(C(C)OC)c2n(NC(=O)CN(CCN(CCN(CC(=O)O)CC(=O)OCC)CC(=O)O)CC(=O)O)c1C=c1ccc([nH]1)=CC1=NC(=Cc3c(C(C)OC)cc(n3NC(=O)CN(CCN(CCN(CC(=O)O)CC(=O)OCC)CC(=O)O)CC(=O)O)C2)C=C1. The van der Waals surface area contributed by atoms with Crippen LogP contribution >= 0.6 is 0 Å². The molecule has 2 aliphatic rings. The van der Waals surface area contributed by atoms with Gasteiger partial charge >= 0.3 is 47.8 Å². The maximum absolute atomic E-state index is 14.7. The number of amides is 2. The number of methoxy groups -OCH3 is 2. The quantitative estimate of drug-likeness (QED) is 0.0283. The lowest BCUT2D eigenvalue weighted by Crippen LogP contribution is -2.46. The van der Waals surface area contributed by atoms with E-state index < -0.39 is 137 Å². The maximum Gasteiger partial charge on any atom is 0.320 e. The molecule has 32 nitrogen and oxygen atoms in total. The molecule has 2 atom stereocenters. The zero-order valence-electron chi connectivity index (χ0n) is 52.0. The minimum atomic E-state index is -1.34. The highest BCUT2D eigenvalue weighted by molar-refractivity contribution is 6.19. The van der Waals surface area contributed by atoms with Crippen molar-refractivity contribution in [2.75, 3.05) is 156 Å². The molecule has 5 heterocycles. The fourth-order valence-corrected chi connectivity index (χ4v) is 9.80. The molecule has 2 unspecified atom stereocenters. The Morgan fingerprint density at radius 2 is 0.956 bits per heavy atom. The van der Waals surface area contributed by atoms with Crippen LogP contribution < -0.4 is 21.5 Å². The minimum Gasteiger partial charge on any atom is -0.480 e. The van der Waals surface area contributed by atoms with Gasteiger partial charge < -0.3 is 54.6 Å². The summed E-state index contributed by atoms with van der Waals surface area (Å²) in [4.78, 5) is 142. The Morgan fingerprint density at radius 3 is 1.39 bits per heavy atom. The summed E-state index contributed by atoms with van der Waals surface area (Å²) < 4.78 is 34.2. The third-order valence-electron chi connectivity index (χ3n) is 14.0. The Kier molecular flexibility index (Phi) is 27.6. The van der Waals surface area contributed by atoms with E-state index in [2.05, 4.69) is 15.8 Å². The molecule has 2 aliphatic heterocycles. The van der Waals surface area contributed by atoms with Crippen LogP contribution in [0.25, 0.3) is 18.2 Å². The molecular weight excluding hydrogens is 1180 g/mol. The molecule has 3 aromatic heterocycles. The van der Waals surface area contributed by atoms with Crippen molar-refractivity contribution in [1.82, 2.24) is 43.7 Å². The Hall–Kier alpha value is -8.89. The number of allylic oxidation sites excluding steroid dienone is 2. The van der Waals surface area contributed by atoms with Crippen LogP contribution in [0.5, 0.6) is 0 Å².